The topological polar surface area (TPSA) is 112 Å². The summed E-state index contributed by atoms with van der Waals surface area (Å²) in [5.74, 6) is 0.190. The molecular weight excluding hydrogens is 448 g/mol. The zero-order valence-corrected chi connectivity index (χ0v) is 20.0. The number of amides is 1. The first-order valence-corrected chi connectivity index (χ1v) is 11.1. The Morgan fingerprint density at radius 1 is 1.09 bits per heavy atom. The van der Waals surface area contributed by atoms with Gasteiger partial charge in [0.25, 0.3) is 5.91 Å². The van der Waals surface area contributed by atoms with Gasteiger partial charge in [-0.15, -0.1) is 0 Å². The minimum Gasteiger partial charge on any atom is -0.479 e. The van der Waals surface area contributed by atoms with Crippen LogP contribution in [0.5, 0.6) is 5.75 Å². The number of nitrogens with zero attached hydrogens (tertiary/aromatic N) is 3. The van der Waals surface area contributed by atoms with Gasteiger partial charge in [-0.3, -0.25) is 19.6 Å². The molecule has 9 nitrogen and oxygen atoms in total. The van der Waals surface area contributed by atoms with Gasteiger partial charge in [-0.25, -0.2) is 0 Å². The first-order chi connectivity index (χ1) is 16.7. The zero-order chi connectivity index (χ0) is 25.1. The average molecular weight is 475 g/mol. The number of nitro groups is 1. The van der Waals surface area contributed by atoms with Crippen molar-refractivity contribution >= 4 is 17.3 Å². The van der Waals surface area contributed by atoms with Crippen LogP contribution in [0.1, 0.15) is 44.4 Å². The number of nitrogens with one attached hydrogen (secondary N) is 1. The first kappa shape index (κ1) is 23.7. The maximum Gasteiger partial charge on any atom is 0.311 e. The normalized spacial score (nSPS) is 10.9. The summed E-state index contributed by atoms with van der Waals surface area (Å²) in [6.07, 6.45) is 0. The van der Waals surface area contributed by atoms with E-state index in [0.29, 0.717) is 23.7 Å². The van der Waals surface area contributed by atoms with E-state index in [4.69, 9.17) is 9.15 Å². The molecule has 35 heavy (non-hydrogen) atoms. The minimum atomic E-state index is -0.493. The zero-order valence-electron chi connectivity index (χ0n) is 20.0. The molecule has 0 spiro atoms. The molecule has 4 aromatic rings. The Balaban J connectivity index is 1.43. The lowest BCUT2D eigenvalue weighted by atomic mass is 10.1. The summed E-state index contributed by atoms with van der Waals surface area (Å²) in [6, 6.07) is 16.1. The van der Waals surface area contributed by atoms with Crippen LogP contribution in [0.25, 0.3) is 0 Å². The highest BCUT2D eigenvalue weighted by atomic mass is 16.6. The van der Waals surface area contributed by atoms with Crippen LogP contribution in [0, 0.1) is 37.8 Å². The smallest absolute Gasteiger partial charge is 0.311 e. The predicted molar refractivity (Wildman–Crippen MR) is 131 cm³/mol. The van der Waals surface area contributed by atoms with E-state index in [9.17, 15) is 14.9 Å². The van der Waals surface area contributed by atoms with Crippen LogP contribution in [0.3, 0.4) is 0 Å². The van der Waals surface area contributed by atoms with Crippen LogP contribution in [-0.4, -0.2) is 20.6 Å². The summed E-state index contributed by atoms with van der Waals surface area (Å²) in [5, 5.41) is 18.7. The molecule has 2 aromatic heterocycles. The third kappa shape index (κ3) is 5.40. The van der Waals surface area contributed by atoms with Crippen molar-refractivity contribution in [2.24, 2.45) is 0 Å². The molecule has 4 rings (SSSR count). The van der Waals surface area contributed by atoms with Crippen molar-refractivity contribution in [2.75, 3.05) is 5.32 Å². The summed E-state index contributed by atoms with van der Waals surface area (Å²) in [4.78, 5) is 23.6. The van der Waals surface area contributed by atoms with E-state index in [2.05, 4.69) is 16.5 Å². The second-order valence-corrected chi connectivity index (χ2v) is 8.43. The van der Waals surface area contributed by atoms with Crippen molar-refractivity contribution in [1.82, 2.24) is 9.78 Å². The van der Waals surface area contributed by atoms with Crippen molar-refractivity contribution in [3.63, 3.8) is 0 Å². The van der Waals surface area contributed by atoms with Crippen LogP contribution >= 0.6 is 0 Å². The fourth-order valence-corrected chi connectivity index (χ4v) is 3.81. The highest BCUT2D eigenvalue weighted by Crippen LogP contribution is 2.29. The lowest BCUT2D eigenvalue weighted by Gasteiger charge is -2.07. The quantitative estimate of drug-likeness (QED) is 0.267. The maximum atomic E-state index is 12.8. The number of furan rings is 1. The van der Waals surface area contributed by atoms with Gasteiger partial charge < -0.3 is 14.5 Å². The lowest BCUT2D eigenvalue weighted by molar-refractivity contribution is -0.386. The van der Waals surface area contributed by atoms with E-state index in [1.165, 1.54) is 11.6 Å². The molecule has 0 saturated heterocycles. The third-order valence-electron chi connectivity index (χ3n) is 5.60. The Labute approximate surface area is 202 Å². The third-order valence-corrected chi connectivity index (χ3v) is 5.60. The molecule has 2 heterocycles. The van der Waals surface area contributed by atoms with Gasteiger partial charge in [-0.1, -0.05) is 35.9 Å². The van der Waals surface area contributed by atoms with E-state index in [0.717, 1.165) is 16.8 Å². The Morgan fingerprint density at radius 3 is 2.60 bits per heavy atom. The van der Waals surface area contributed by atoms with Crippen LogP contribution in [0.2, 0.25) is 0 Å². The van der Waals surface area contributed by atoms with Gasteiger partial charge in [0.05, 0.1) is 28.5 Å². The number of anilines is 1. The van der Waals surface area contributed by atoms with Gasteiger partial charge >= 0.3 is 5.69 Å². The molecule has 0 saturated carbocycles. The fourth-order valence-electron chi connectivity index (χ4n) is 3.81. The van der Waals surface area contributed by atoms with Gasteiger partial charge in [0.2, 0.25) is 0 Å². The standard InChI is InChI=1S/C26H26N4O5/c1-16-6-5-7-20(12-16)14-29-19(4)25(18(3)28-29)27-26(31)24-11-9-21(35-24)15-34-23-10-8-17(2)13-22(23)30(32)33/h5-13H,14-15H2,1-4H3,(H,27,31). The number of nitro benzene ring substituents is 1. The van der Waals surface area contributed by atoms with Gasteiger partial charge in [-0.2, -0.15) is 5.10 Å². The Bertz CT molecular complexity index is 1400. The molecule has 1 amide bonds. The van der Waals surface area contributed by atoms with Gasteiger partial charge in [0, 0.05) is 6.07 Å². The predicted octanol–water partition coefficient (Wildman–Crippen LogP) is 5.50. The van der Waals surface area contributed by atoms with Crippen LogP contribution in [0.15, 0.2) is 59.0 Å². The number of carbonyl (C=O) groups is 1. The van der Waals surface area contributed by atoms with E-state index >= 15 is 0 Å². The van der Waals surface area contributed by atoms with Crippen LogP contribution in [0.4, 0.5) is 11.4 Å². The average Bonchev–Trinajstić information content (AvgIpc) is 3.39. The molecule has 2 aromatic carbocycles. The van der Waals surface area contributed by atoms with Crippen LogP contribution < -0.4 is 10.1 Å². The lowest BCUT2D eigenvalue weighted by Crippen LogP contribution is -2.12. The Morgan fingerprint density at radius 2 is 1.86 bits per heavy atom. The minimum absolute atomic E-state index is 0.0519. The van der Waals surface area contributed by atoms with Crippen molar-refractivity contribution in [3.05, 3.63) is 104 Å². The van der Waals surface area contributed by atoms with Crippen LogP contribution in [-0.2, 0) is 13.2 Å². The summed E-state index contributed by atoms with van der Waals surface area (Å²) >= 11 is 0. The Hall–Kier alpha value is -4.40. The largest absolute Gasteiger partial charge is 0.479 e. The molecule has 180 valence electrons. The van der Waals surface area contributed by atoms with Gasteiger partial charge in [0.1, 0.15) is 12.4 Å². The monoisotopic (exact) mass is 474 g/mol. The maximum absolute atomic E-state index is 12.8. The van der Waals surface area contributed by atoms with E-state index in [-0.39, 0.29) is 23.8 Å². The van der Waals surface area contributed by atoms with Crippen molar-refractivity contribution in [1.29, 1.82) is 0 Å². The SMILES string of the molecule is Cc1cccc(Cn2nc(C)c(NC(=O)c3ccc(COc4ccc(C)cc4[N+](=O)[O-])o3)c2C)c1. The number of ether oxygens (including phenoxy) is 1. The van der Waals surface area contributed by atoms with Crippen molar-refractivity contribution in [3.8, 4) is 5.75 Å². The molecule has 0 radical (unpaired) electrons. The summed E-state index contributed by atoms with van der Waals surface area (Å²) < 4.78 is 13.1. The molecule has 0 fully saturated rings. The molecule has 9 heteroatoms. The fraction of sp³-hybridized carbons (Fsp3) is 0.231. The molecule has 0 aliphatic heterocycles. The molecular formula is C26H26N4O5. The van der Waals surface area contributed by atoms with E-state index in [1.54, 1.807) is 31.2 Å². The molecule has 1 N–H and O–H groups in total. The van der Waals surface area contributed by atoms with E-state index < -0.39 is 10.8 Å². The number of aromatic nitrogens is 2. The first-order valence-electron chi connectivity index (χ1n) is 11.1. The van der Waals surface area contributed by atoms with Gasteiger partial charge in [-0.05, 0) is 57.0 Å². The molecule has 0 atom stereocenters. The summed E-state index contributed by atoms with van der Waals surface area (Å²) in [6.45, 7) is 8.10. The highest BCUT2D eigenvalue weighted by molar-refractivity contribution is 6.02. The van der Waals surface area contributed by atoms with Crippen molar-refractivity contribution in [2.45, 2.75) is 40.8 Å². The Kier molecular flexibility index (Phi) is 6.68. The van der Waals surface area contributed by atoms with E-state index in [1.807, 2.05) is 43.7 Å². The molecule has 0 aliphatic rings. The number of hydrogen-bond donors (Lipinski definition) is 1. The number of aryl methyl sites for hydroxylation is 3. The summed E-state index contributed by atoms with van der Waals surface area (Å²) in [7, 11) is 0. The van der Waals surface area contributed by atoms with Crippen molar-refractivity contribution < 1.29 is 18.9 Å². The van der Waals surface area contributed by atoms with Gasteiger partial charge in [0.15, 0.2) is 11.5 Å². The number of benzene rings is 2. The number of carbonyl (C=O) groups excluding carboxylic acids is 1. The number of rotatable bonds is 8. The second-order valence-electron chi connectivity index (χ2n) is 8.43. The summed E-state index contributed by atoms with van der Waals surface area (Å²) in [5.41, 5.74) is 5.10. The molecule has 0 unspecified atom stereocenters. The molecule has 0 bridgehead atoms. The molecule has 0 aliphatic carbocycles. The second kappa shape index (κ2) is 9.84. The number of hydrogen-bond acceptors (Lipinski definition) is 6. The highest BCUT2D eigenvalue weighted by Gasteiger charge is 2.19.